The van der Waals surface area contributed by atoms with Crippen molar-refractivity contribution in [2.75, 3.05) is 19.6 Å². The van der Waals surface area contributed by atoms with E-state index >= 15 is 0 Å². The van der Waals surface area contributed by atoms with E-state index in [0.717, 1.165) is 18.4 Å². The second-order valence-electron chi connectivity index (χ2n) is 7.45. The number of alkyl carbamates (subject to hydrolysis) is 1. The van der Waals surface area contributed by atoms with E-state index in [4.69, 9.17) is 4.74 Å². The molecule has 0 aliphatic carbocycles. The molecule has 154 valence electrons. The van der Waals surface area contributed by atoms with Crippen molar-refractivity contribution in [3.05, 3.63) is 35.9 Å². The Labute approximate surface area is 166 Å². The molecule has 0 aromatic heterocycles. The molecule has 2 rings (SSSR count). The summed E-state index contributed by atoms with van der Waals surface area (Å²) in [5, 5.41) is 5.52. The van der Waals surface area contributed by atoms with Crippen molar-refractivity contribution in [1.82, 2.24) is 15.5 Å². The van der Waals surface area contributed by atoms with Crippen LogP contribution in [0.15, 0.2) is 30.3 Å². The number of carbonyl (C=O) groups is 3. The molecule has 0 saturated carbocycles. The van der Waals surface area contributed by atoms with Crippen LogP contribution in [0.1, 0.15) is 39.2 Å². The molecular formula is C21H31N3O4. The van der Waals surface area contributed by atoms with Gasteiger partial charge in [-0.25, -0.2) is 4.79 Å². The minimum atomic E-state index is -0.684. The van der Waals surface area contributed by atoms with Gasteiger partial charge in [-0.2, -0.15) is 0 Å². The highest BCUT2D eigenvalue weighted by Gasteiger charge is 2.34. The third-order valence-electron chi connectivity index (χ3n) is 4.87. The van der Waals surface area contributed by atoms with Crippen molar-refractivity contribution in [2.45, 2.75) is 46.3 Å². The first kappa shape index (κ1) is 21.7. The molecule has 2 atom stereocenters. The third-order valence-corrected chi connectivity index (χ3v) is 4.87. The lowest BCUT2D eigenvalue weighted by Crippen LogP contribution is -2.54. The number of carbonyl (C=O) groups excluding carboxylic acids is 3. The highest BCUT2D eigenvalue weighted by Crippen LogP contribution is 2.19. The Morgan fingerprint density at radius 2 is 1.93 bits per heavy atom. The van der Waals surface area contributed by atoms with Crippen molar-refractivity contribution in [1.29, 1.82) is 0 Å². The normalized spacial score (nSPS) is 17.7. The fraction of sp³-hybridized carbons (Fsp3) is 0.571. The lowest BCUT2D eigenvalue weighted by atomic mass is 9.95. The summed E-state index contributed by atoms with van der Waals surface area (Å²) in [5.41, 5.74) is 0.880. The largest absolute Gasteiger partial charge is 0.445 e. The number of rotatable bonds is 7. The molecule has 2 N–H and O–H groups in total. The summed E-state index contributed by atoms with van der Waals surface area (Å²) in [6.45, 7) is 7.34. The van der Waals surface area contributed by atoms with Gasteiger partial charge in [0.25, 0.3) is 0 Å². The van der Waals surface area contributed by atoms with E-state index in [9.17, 15) is 14.4 Å². The summed E-state index contributed by atoms with van der Waals surface area (Å²) >= 11 is 0. The number of benzene rings is 1. The van der Waals surface area contributed by atoms with Crippen molar-refractivity contribution in [2.24, 2.45) is 11.8 Å². The van der Waals surface area contributed by atoms with Crippen LogP contribution in [0.4, 0.5) is 4.79 Å². The molecule has 3 amide bonds. The number of hydrogen-bond donors (Lipinski definition) is 2. The zero-order chi connectivity index (χ0) is 20.5. The molecule has 0 spiro atoms. The minimum absolute atomic E-state index is 0.0173. The van der Waals surface area contributed by atoms with Crippen LogP contribution in [0, 0.1) is 11.8 Å². The number of piperidine rings is 1. The Hall–Kier alpha value is -2.57. The van der Waals surface area contributed by atoms with Crippen molar-refractivity contribution < 1.29 is 19.1 Å². The lowest BCUT2D eigenvalue weighted by molar-refractivity contribution is -0.138. The van der Waals surface area contributed by atoms with Crippen LogP contribution < -0.4 is 10.6 Å². The predicted molar refractivity (Wildman–Crippen MR) is 106 cm³/mol. The molecule has 28 heavy (non-hydrogen) atoms. The monoisotopic (exact) mass is 389 g/mol. The van der Waals surface area contributed by atoms with Gasteiger partial charge in [0.2, 0.25) is 11.8 Å². The van der Waals surface area contributed by atoms with Gasteiger partial charge < -0.3 is 20.3 Å². The Balaban J connectivity index is 1.93. The summed E-state index contributed by atoms with van der Waals surface area (Å²) in [4.78, 5) is 39.0. The molecule has 1 aromatic carbocycles. The van der Waals surface area contributed by atoms with Crippen LogP contribution in [0.3, 0.4) is 0 Å². The van der Waals surface area contributed by atoms with Crippen LogP contribution in [-0.2, 0) is 20.9 Å². The second kappa shape index (κ2) is 10.7. The molecule has 0 bridgehead atoms. The molecule has 0 radical (unpaired) electrons. The van der Waals surface area contributed by atoms with E-state index in [2.05, 4.69) is 10.6 Å². The molecule has 1 aliphatic rings. The highest BCUT2D eigenvalue weighted by atomic mass is 16.5. The first-order chi connectivity index (χ1) is 13.4. The SMILES string of the molecule is CCNC(=O)C1CCCN(C(=O)[C@@H](NC(=O)OCc2ccccc2)C(C)C)C1. The van der Waals surface area contributed by atoms with Crippen LogP contribution >= 0.6 is 0 Å². The molecule has 1 aliphatic heterocycles. The van der Waals surface area contributed by atoms with Gasteiger partial charge in [0, 0.05) is 19.6 Å². The smallest absolute Gasteiger partial charge is 0.408 e. The third kappa shape index (κ3) is 6.25. The fourth-order valence-corrected chi connectivity index (χ4v) is 3.31. The molecule has 7 nitrogen and oxygen atoms in total. The summed E-state index contributed by atoms with van der Waals surface area (Å²) in [7, 11) is 0. The maximum absolute atomic E-state index is 13.0. The van der Waals surface area contributed by atoms with E-state index in [1.54, 1.807) is 4.90 Å². The van der Waals surface area contributed by atoms with Crippen molar-refractivity contribution >= 4 is 17.9 Å². The Morgan fingerprint density at radius 3 is 2.57 bits per heavy atom. The van der Waals surface area contributed by atoms with Gasteiger partial charge in [0.05, 0.1) is 5.92 Å². The van der Waals surface area contributed by atoms with Crippen molar-refractivity contribution in [3.8, 4) is 0 Å². The Morgan fingerprint density at radius 1 is 1.21 bits per heavy atom. The minimum Gasteiger partial charge on any atom is -0.445 e. The first-order valence-electron chi connectivity index (χ1n) is 9.96. The van der Waals surface area contributed by atoms with Crippen LogP contribution in [0.25, 0.3) is 0 Å². The zero-order valence-corrected chi connectivity index (χ0v) is 16.9. The molecule has 1 unspecified atom stereocenters. The van der Waals surface area contributed by atoms with Gasteiger partial charge in [-0.15, -0.1) is 0 Å². The van der Waals surface area contributed by atoms with Crippen LogP contribution in [0.5, 0.6) is 0 Å². The first-order valence-corrected chi connectivity index (χ1v) is 9.96. The van der Waals surface area contributed by atoms with Crippen LogP contribution in [-0.4, -0.2) is 48.5 Å². The van der Waals surface area contributed by atoms with Gasteiger partial charge in [-0.05, 0) is 31.2 Å². The van der Waals surface area contributed by atoms with Gasteiger partial charge >= 0.3 is 6.09 Å². The number of nitrogens with one attached hydrogen (secondary N) is 2. The van der Waals surface area contributed by atoms with Crippen LogP contribution in [0.2, 0.25) is 0 Å². The Bertz CT molecular complexity index is 663. The van der Waals surface area contributed by atoms with Gasteiger partial charge in [0.1, 0.15) is 12.6 Å². The number of hydrogen-bond acceptors (Lipinski definition) is 4. The summed E-state index contributed by atoms with van der Waals surface area (Å²) in [5.74, 6) is -0.478. The number of likely N-dealkylation sites (tertiary alicyclic amines) is 1. The topological polar surface area (TPSA) is 87.7 Å². The molecule has 7 heteroatoms. The number of amides is 3. The quantitative estimate of drug-likeness (QED) is 0.749. The number of nitrogens with zero attached hydrogens (tertiary/aromatic N) is 1. The summed E-state index contributed by atoms with van der Waals surface area (Å²) in [6.07, 6.45) is 0.930. The Kier molecular flexibility index (Phi) is 8.29. The van der Waals surface area contributed by atoms with E-state index in [-0.39, 0.29) is 30.3 Å². The predicted octanol–water partition coefficient (Wildman–Crippen LogP) is 2.31. The van der Waals surface area contributed by atoms with Gasteiger partial charge in [0.15, 0.2) is 0 Å². The molecule has 1 heterocycles. The molecule has 1 fully saturated rings. The summed E-state index contributed by atoms with van der Waals surface area (Å²) < 4.78 is 5.25. The molecule has 1 aromatic rings. The molecular weight excluding hydrogens is 358 g/mol. The van der Waals surface area contributed by atoms with Crippen molar-refractivity contribution in [3.63, 3.8) is 0 Å². The number of ether oxygens (including phenoxy) is 1. The van der Waals surface area contributed by atoms with E-state index in [1.165, 1.54) is 0 Å². The maximum Gasteiger partial charge on any atom is 0.408 e. The van der Waals surface area contributed by atoms with Gasteiger partial charge in [-0.1, -0.05) is 44.2 Å². The summed E-state index contributed by atoms with van der Waals surface area (Å²) in [6, 6.07) is 8.69. The lowest BCUT2D eigenvalue weighted by Gasteiger charge is -2.35. The van der Waals surface area contributed by atoms with Gasteiger partial charge in [-0.3, -0.25) is 9.59 Å². The van der Waals surface area contributed by atoms with E-state index in [1.807, 2.05) is 51.1 Å². The standard InChI is InChI=1S/C21H31N3O4/c1-4-22-19(25)17-11-8-12-24(13-17)20(26)18(15(2)3)23-21(27)28-14-16-9-6-5-7-10-16/h5-7,9-10,15,17-18H,4,8,11-14H2,1-3H3,(H,22,25)(H,23,27)/t17?,18-/m0/s1. The van der Waals surface area contributed by atoms with E-state index in [0.29, 0.717) is 19.6 Å². The average molecular weight is 389 g/mol. The fourth-order valence-electron chi connectivity index (χ4n) is 3.31. The molecule has 1 saturated heterocycles. The maximum atomic E-state index is 13.0. The highest BCUT2D eigenvalue weighted by molar-refractivity contribution is 5.87. The zero-order valence-electron chi connectivity index (χ0n) is 16.9. The average Bonchev–Trinajstić information content (AvgIpc) is 2.71. The van der Waals surface area contributed by atoms with E-state index < -0.39 is 12.1 Å². The second-order valence-corrected chi connectivity index (χ2v) is 7.45.